The van der Waals surface area contributed by atoms with Gasteiger partial charge in [-0.3, -0.25) is 0 Å². The predicted octanol–water partition coefficient (Wildman–Crippen LogP) is -33.0. The van der Waals surface area contributed by atoms with E-state index < -0.39 is 0 Å². The van der Waals surface area contributed by atoms with Gasteiger partial charge in [0.2, 0.25) is 0 Å². The van der Waals surface area contributed by atoms with Gasteiger partial charge < -0.3 is 8.98 Å². The Labute approximate surface area is 481 Å². The highest BCUT2D eigenvalue weighted by atomic mass is 32.1. The standard InChI is InChI=1S/C45H52B26N4OS/c46-10-2-1-11(47)22(58)30(66)33(69)36(1)75(37(2)42-6(14(10)50)5-15(51)23(59)31(67)34(70)41(5)77-42)38-32(68)13(49)4-3-12(48)16(52)9(21(57)39(3)76-40(4)35(38)71)45-73-43(7-17(53)24(60)28(64)25(61)18(7)54)72-44(74-45)8-19(55)26(62)29(65)27(63)20(8)56/h46-71H2. The molecule has 7 aromatic carbocycles. The Balaban J connectivity index is 1.27. The fourth-order valence-corrected chi connectivity index (χ4v) is 15.7. The molecule has 0 amide bonds. The summed E-state index contributed by atoms with van der Waals surface area (Å²) in [4.78, 5) is 16.6. The molecule has 77 heavy (non-hydrogen) atoms. The lowest BCUT2D eigenvalue weighted by molar-refractivity contribution is 0.674. The molecule has 0 aliphatic rings. The highest BCUT2D eigenvalue weighted by Gasteiger charge is 2.31. The van der Waals surface area contributed by atoms with Gasteiger partial charge in [0.25, 0.3) is 0 Å². The third-order valence-corrected chi connectivity index (χ3v) is 22.2. The molecule has 0 radical (unpaired) electrons. The zero-order valence-corrected chi connectivity index (χ0v) is 51.9. The van der Waals surface area contributed by atoms with Crippen LogP contribution in [-0.2, 0) is 0 Å². The first kappa shape index (κ1) is 54.0. The quantitative estimate of drug-likeness (QED) is 0.165. The summed E-state index contributed by atoms with van der Waals surface area (Å²) in [5.74, 6) is 2.10. The van der Waals surface area contributed by atoms with E-state index in [4.69, 9.17) is 19.4 Å². The average Bonchev–Trinajstić information content (AvgIpc) is 4.33. The second kappa shape index (κ2) is 18.3. The largest absolute Gasteiger partial charge is 0.457 e. The zero-order valence-electron chi connectivity index (χ0n) is 51.1. The van der Waals surface area contributed by atoms with E-state index in [-0.39, 0.29) is 0 Å². The van der Waals surface area contributed by atoms with E-state index in [1.165, 1.54) is 184 Å². The number of nitrogens with zero attached hydrogens (tertiary/aromatic N) is 4. The van der Waals surface area contributed by atoms with Crippen molar-refractivity contribution in [2.24, 2.45) is 0 Å². The molecule has 5 nitrogen and oxygen atoms in total. The average molecular weight is 978 g/mol. The number of thiophene rings is 1. The van der Waals surface area contributed by atoms with Crippen molar-refractivity contribution in [3.8, 4) is 39.9 Å². The highest BCUT2D eigenvalue weighted by molar-refractivity contribution is 7.28. The molecule has 0 saturated heterocycles. The topological polar surface area (TPSA) is 56.7 Å². The van der Waals surface area contributed by atoms with Crippen LogP contribution in [0.4, 0.5) is 0 Å². The number of furan rings is 1. The Morgan fingerprint density at radius 1 is 0.247 bits per heavy atom. The molecule has 4 aromatic heterocycles. The van der Waals surface area contributed by atoms with Gasteiger partial charge in [-0.05, 0) is 27.1 Å². The van der Waals surface area contributed by atoms with Crippen LogP contribution in [0.2, 0.25) is 0 Å². The van der Waals surface area contributed by atoms with E-state index >= 15 is 0 Å². The fourth-order valence-electron chi connectivity index (χ4n) is 14.1. The lowest BCUT2D eigenvalue weighted by Crippen LogP contribution is -2.55. The molecule has 0 unspecified atom stereocenters. The number of aromatic nitrogens is 4. The van der Waals surface area contributed by atoms with Gasteiger partial charge in [0.15, 0.2) is 17.5 Å². The van der Waals surface area contributed by atoms with E-state index in [2.05, 4.69) is 209 Å². The molecule has 0 fully saturated rings. The monoisotopic (exact) mass is 983 g/mol. The molecule has 0 atom stereocenters. The van der Waals surface area contributed by atoms with Crippen molar-refractivity contribution in [1.29, 1.82) is 0 Å². The Morgan fingerprint density at radius 3 is 1.03 bits per heavy atom. The van der Waals surface area contributed by atoms with Crippen molar-refractivity contribution in [2.75, 3.05) is 0 Å². The van der Waals surface area contributed by atoms with Crippen molar-refractivity contribution in [1.82, 2.24) is 19.5 Å². The summed E-state index contributed by atoms with van der Waals surface area (Å²) in [6, 6.07) is 0. The number of fused-ring (bicyclic) bond motifs is 10. The van der Waals surface area contributed by atoms with Crippen molar-refractivity contribution < 1.29 is 4.42 Å². The number of hydrogen-bond donors (Lipinski definition) is 0. The second-order valence-electron chi connectivity index (χ2n) is 23.8. The normalized spacial score (nSPS) is 11.9. The minimum absolute atomic E-state index is 0.677. The number of benzene rings is 7. The summed E-state index contributed by atoms with van der Waals surface area (Å²) in [5.41, 5.74) is 42.2. The van der Waals surface area contributed by atoms with Crippen LogP contribution in [0.3, 0.4) is 0 Å². The Kier molecular flexibility index (Phi) is 12.8. The minimum Gasteiger partial charge on any atom is -0.457 e. The molecule has 0 N–H and O–H groups in total. The van der Waals surface area contributed by atoms with Crippen LogP contribution in [-0.4, -0.2) is 224 Å². The van der Waals surface area contributed by atoms with Crippen LogP contribution in [0.1, 0.15) is 0 Å². The maximum Gasteiger partial charge on any atom is 0.163 e. The van der Waals surface area contributed by atoms with Gasteiger partial charge in [-0.2, -0.15) is 0 Å². The van der Waals surface area contributed by atoms with Crippen molar-refractivity contribution in [3.05, 3.63) is 0 Å². The van der Waals surface area contributed by atoms with Crippen molar-refractivity contribution in [3.63, 3.8) is 0 Å². The predicted molar refractivity (Wildman–Crippen MR) is 423 cm³/mol. The first-order valence-corrected chi connectivity index (χ1v) is 28.6. The van der Waals surface area contributed by atoms with Crippen LogP contribution in [0, 0.1) is 0 Å². The molecule has 342 valence electrons. The van der Waals surface area contributed by atoms with Gasteiger partial charge >= 0.3 is 0 Å². The molecule has 0 aliphatic carbocycles. The first-order valence-electron chi connectivity index (χ1n) is 27.8. The SMILES string of the molecule is Bc1c(B)c(B)c(-c2nc(-c3c(B)c(B)c(B)c(B)c3B)nc(-c3c(B)c(B)c4c(oc5c(B)c(-n6c7c(B)c(B)c(B)c(B)c7c7c(B)c(B)c8c(sc9c(B)c(B)c(B)c(B)c98)c76)c(B)c(B)c54)c3B)n2)c(B)c1B. The van der Waals surface area contributed by atoms with Crippen LogP contribution in [0.25, 0.3) is 104 Å². The molecule has 11 rings (SSSR count). The molecule has 32 heteroatoms. The Bertz CT molecular complexity index is 4520. The molecule has 11 aromatic rings. The van der Waals surface area contributed by atoms with Gasteiger partial charge in [-0.1, -0.05) is 81.9 Å². The Hall–Kier alpha value is -4.94. The molecular formula is C45H52B26N4OS. The van der Waals surface area contributed by atoms with Gasteiger partial charge in [0, 0.05) is 48.8 Å². The van der Waals surface area contributed by atoms with Gasteiger partial charge in [-0.15, -0.1) is 60.5 Å². The van der Waals surface area contributed by atoms with Crippen LogP contribution >= 0.6 is 11.3 Å². The van der Waals surface area contributed by atoms with E-state index in [0.29, 0.717) is 17.5 Å². The minimum atomic E-state index is 0.677. The molecular weight excluding hydrogens is 926 g/mol. The van der Waals surface area contributed by atoms with E-state index in [0.717, 1.165) is 44.2 Å². The lowest BCUT2D eigenvalue weighted by atomic mass is 9.60. The van der Waals surface area contributed by atoms with Crippen LogP contribution < -0.4 is 142 Å². The number of hydrogen-bond acceptors (Lipinski definition) is 5. The summed E-state index contributed by atoms with van der Waals surface area (Å²) in [6.07, 6.45) is 0. The molecule has 0 spiro atoms. The summed E-state index contributed by atoms with van der Waals surface area (Å²) in [7, 11) is 59.5. The third-order valence-electron chi connectivity index (χ3n) is 20.9. The van der Waals surface area contributed by atoms with Crippen LogP contribution in [0.5, 0.6) is 0 Å². The van der Waals surface area contributed by atoms with Gasteiger partial charge in [0.05, 0.1) is 10.2 Å². The van der Waals surface area contributed by atoms with E-state index in [9.17, 15) is 0 Å². The number of rotatable bonds is 4. The van der Waals surface area contributed by atoms with Crippen LogP contribution in [0.15, 0.2) is 4.42 Å². The Morgan fingerprint density at radius 2 is 0.545 bits per heavy atom. The molecule has 0 bridgehead atoms. The third kappa shape index (κ3) is 7.06. The molecule has 0 saturated carbocycles. The summed E-state index contributed by atoms with van der Waals surface area (Å²) >= 11 is 2.00. The maximum absolute atomic E-state index is 7.56. The smallest absolute Gasteiger partial charge is 0.163 e. The first-order chi connectivity index (χ1) is 36.1. The zero-order chi connectivity index (χ0) is 56.1. The maximum atomic E-state index is 7.56. The van der Waals surface area contributed by atoms with Crippen molar-refractivity contribution in [2.45, 2.75) is 0 Å². The van der Waals surface area contributed by atoms with Crippen molar-refractivity contribution >= 4 is 421 Å². The fraction of sp³-hybridized carbons (Fsp3) is 0. The second-order valence-corrected chi connectivity index (χ2v) is 24.9. The summed E-state index contributed by atoms with van der Waals surface area (Å²) in [6.45, 7) is 0. The molecule has 0 aliphatic heterocycles. The van der Waals surface area contributed by atoms with Gasteiger partial charge in [-0.25, -0.2) is 15.0 Å². The van der Waals surface area contributed by atoms with E-state index in [1.54, 1.807) is 0 Å². The summed E-state index contributed by atoms with van der Waals surface area (Å²) in [5, 5.41) is 7.92. The van der Waals surface area contributed by atoms with E-state index in [1.807, 2.05) is 11.3 Å². The molecule has 4 heterocycles. The summed E-state index contributed by atoms with van der Waals surface area (Å²) < 4.78 is 13.0. The van der Waals surface area contributed by atoms with Gasteiger partial charge in [0.1, 0.15) is 215 Å². The lowest BCUT2D eigenvalue weighted by Gasteiger charge is -2.23. The highest BCUT2D eigenvalue weighted by Crippen LogP contribution is 2.39.